The van der Waals surface area contributed by atoms with E-state index in [2.05, 4.69) is 5.32 Å². The molecule has 2 aromatic carbocycles. The molecule has 0 aromatic heterocycles. The van der Waals surface area contributed by atoms with E-state index in [0.717, 1.165) is 0 Å². The lowest BCUT2D eigenvalue weighted by molar-refractivity contribution is -0.146. The zero-order valence-electron chi connectivity index (χ0n) is 15.3. The SMILES string of the molecule is COc1cccc(NC(=O)COC(=O)CN2C(=O)CCOc3ccccc32)c1. The van der Waals surface area contributed by atoms with E-state index in [0.29, 0.717) is 22.9 Å². The van der Waals surface area contributed by atoms with E-state index in [1.165, 1.54) is 12.0 Å². The lowest BCUT2D eigenvalue weighted by atomic mass is 10.2. The number of para-hydroxylation sites is 2. The van der Waals surface area contributed by atoms with E-state index in [1.807, 2.05) is 0 Å². The monoisotopic (exact) mass is 384 g/mol. The van der Waals surface area contributed by atoms with Crippen LogP contribution < -0.4 is 19.7 Å². The van der Waals surface area contributed by atoms with Gasteiger partial charge in [-0.2, -0.15) is 0 Å². The van der Waals surface area contributed by atoms with Crippen molar-refractivity contribution in [1.82, 2.24) is 0 Å². The van der Waals surface area contributed by atoms with E-state index in [4.69, 9.17) is 14.2 Å². The van der Waals surface area contributed by atoms with Crippen LogP contribution in [0.1, 0.15) is 6.42 Å². The Morgan fingerprint density at radius 2 is 2.00 bits per heavy atom. The fourth-order valence-corrected chi connectivity index (χ4v) is 2.71. The number of ether oxygens (including phenoxy) is 3. The van der Waals surface area contributed by atoms with Gasteiger partial charge in [-0.1, -0.05) is 18.2 Å². The minimum atomic E-state index is -0.689. The number of hydrogen-bond acceptors (Lipinski definition) is 6. The molecule has 1 N–H and O–H groups in total. The van der Waals surface area contributed by atoms with Crippen molar-refractivity contribution in [3.05, 3.63) is 48.5 Å². The van der Waals surface area contributed by atoms with Gasteiger partial charge in [0.25, 0.3) is 5.91 Å². The number of benzene rings is 2. The van der Waals surface area contributed by atoms with Gasteiger partial charge in [0.05, 0.1) is 25.8 Å². The molecule has 0 atom stereocenters. The number of methoxy groups -OCH3 is 1. The van der Waals surface area contributed by atoms with Crippen molar-refractivity contribution in [2.24, 2.45) is 0 Å². The molecule has 1 aliphatic heterocycles. The van der Waals surface area contributed by atoms with E-state index >= 15 is 0 Å². The Kier molecular flexibility index (Phi) is 6.11. The Bertz CT molecular complexity index is 883. The van der Waals surface area contributed by atoms with Crippen LogP contribution in [0.5, 0.6) is 11.5 Å². The zero-order valence-corrected chi connectivity index (χ0v) is 15.3. The predicted octanol–water partition coefficient (Wildman–Crippen LogP) is 1.99. The standard InChI is InChI=1S/C20H20N2O6/c1-26-15-6-4-5-14(11-15)21-18(23)13-28-20(25)12-22-16-7-2-3-8-17(16)27-10-9-19(22)24/h2-8,11H,9-10,12-13H2,1H3,(H,21,23). The quantitative estimate of drug-likeness (QED) is 0.766. The van der Waals surface area contributed by atoms with Gasteiger partial charge in [-0.3, -0.25) is 19.3 Å². The highest BCUT2D eigenvalue weighted by Gasteiger charge is 2.25. The fourth-order valence-electron chi connectivity index (χ4n) is 2.71. The van der Waals surface area contributed by atoms with Crippen LogP contribution in [0.3, 0.4) is 0 Å². The number of hydrogen-bond donors (Lipinski definition) is 1. The summed E-state index contributed by atoms with van der Waals surface area (Å²) in [6.45, 7) is -0.522. The van der Waals surface area contributed by atoms with E-state index in [1.54, 1.807) is 48.5 Å². The third kappa shape index (κ3) is 4.79. The highest BCUT2D eigenvalue weighted by molar-refractivity contribution is 6.00. The lowest BCUT2D eigenvalue weighted by Gasteiger charge is -2.20. The summed E-state index contributed by atoms with van der Waals surface area (Å²) in [6, 6.07) is 13.8. The van der Waals surface area contributed by atoms with Crippen molar-refractivity contribution < 1.29 is 28.6 Å². The topological polar surface area (TPSA) is 94.2 Å². The molecule has 3 rings (SSSR count). The third-order valence-electron chi connectivity index (χ3n) is 4.04. The maximum Gasteiger partial charge on any atom is 0.326 e. The Morgan fingerprint density at radius 1 is 1.18 bits per heavy atom. The first kappa shape index (κ1) is 19.2. The van der Waals surface area contributed by atoms with E-state index in [9.17, 15) is 14.4 Å². The van der Waals surface area contributed by atoms with Crippen molar-refractivity contribution in [1.29, 1.82) is 0 Å². The molecule has 0 unspecified atom stereocenters. The second kappa shape index (κ2) is 8.90. The molecule has 1 aliphatic rings. The summed E-state index contributed by atoms with van der Waals surface area (Å²) in [5.41, 5.74) is 1.02. The van der Waals surface area contributed by atoms with Gasteiger partial charge >= 0.3 is 5.97 Å². The number of nitrogens with one attached hydrogen (secondary N) is 1. The van der Waals surface area contributed by atoms with Gasteiger partial charge in [-0.05, 0) is 24.3 Å². The van der Waals surface area contributed by atoms with Crippen LogP contribution in [-0.2, 0) is 19.1 Å². The molecular formula is C20H20N2O6. The molecule has 146 valence electrons. The molecule has 8 nitrogen and oxygen atoms in total. The third-order valence-corrected chi connectivity index (χ3v) is 4.04. The van der Waals surface area contributed by atoms with E-state index < -0.39 is 18.5 Å². The summed E-state index contributed by atoms with van der Waals surface area (Å²) in [5, 5.41) is 2.61. The van der Waals surface area contributed by atoms with Crippen LogP contribution in [0.25, 0.3) is 0 Å². The summed E-state index contributed by atoms with van der Waals surface area (Å²) in [4.78, 5) is 37.8. The maximum absolute atomic E-state index is 12.3. The molecule has 28 heavy (non-hydrogen) atoms. The number of nitrogens with zero attached hydrogens (tertiary/aromatic N) is 1. The van der Waals surface area contributed by atoms with Crippen molar-refractivity contribution in [3.8, 4) is 11.5 Å². The van der Waals surface area contributed by atoms with Crippen molar-refractivity contribution >= 4 is 29.2 Å². The molecule has 0 fully saturated rings. The Balaban J connectivity index is 1.56. The first-order chi connectivity index (χ1) is 13.6. The zero-order chi connectivity index (χ0) is 19.9. The highest BCUT2D eigenvalue weighted by atomic mass is 16.5. The normalized spacial score (nSPS) is 13.0. The summed E-state index contributed by atoms with van der Waals surface area (Å²) < 4.78 is 15.6. The molecule has 1 heterocycles. The summed E-state index contributed by atoms with van der Waals surface area (Å²) in [6.07, 6.45) is 0.151. The predicted molar refractivity (Wildman–Crippen MR) is 101 cm³/mol. The number of rotatable bonds is 6. The first-order valence-electron chi connectivity index (χ1n) is 8.68. The van der Waals surface area contributed by atoms with Crippen LogP contribution in [-0.4, -0.2) is 44.7 Å². The smallest absolute Gasteiger partial charge is 0.326 e. The lowest BCUT2D eigenvalue weighted by Crippen LogP contribution is -2.36. The largest absolute Gasteiger partial charge is 0.497 e. The van der Waals surface area contributed by atoms with Gasteiger partial charge in [0.1, 0.15) is 18.0 Å². The van der Waals surface area contributed by atoms with Crippen molar-refractivity contribution in [3.63, 3.8) is 0 Å². The molecule has 0 aliphatic carbocycles. The number of esters is 1. The van der Waals surface area contributed by atoms with E-state index in [-0.39, 0.29) is 25.5 Å². The molecule has 8 heteroatoms. The van der Waals surface area contributed by atoms with Gasteiger partial charge < -0.3 is 19.5 Å². The molecule has 0 saturated heterocycles. The molecular weight excluding hydrogens is 364 g/mol. The van der Waals surface area contributed by atoms with Crippen LogP contribution in [0.2, 0.25) is 0 Å². The second-order valence-corrected chi connectivity index (χ2v) is 5.99. The summed E-state index contributed by atoms with van der Waals surface area (Å²) in [5.74, 6) is -0.312. The number of carbonyl (C=O) groups is 3. The van der Waals surface area contributed by atoms with Gasteiger partial charge in [-0.25, -0.2) is 0 Å². The number of carbonyl (C=O) groups excluding carboxylic acids is 3. The summed E-state index contributed by atoms with van der Waals surface area (Å²) in [7, 11) is 1.52. The molecule has 2 amide bonds. The molecule has 0 bridgehead atoms. The Hall–Kier alpha value is -3.55. The molecule has 2 aromatic rings. The minimum Gasteiger partial charge on any atom is -0.497 e. The van der Waals surface area contributed by atoms with Gasteiger partial charge in [0.15, 0.2) is 6.61 Å². The Labute approximate surface area is 162 Å². The van der Waals surface area contributed by atoms with Gasteiger partial charge in [-0.15, -0.1) is 0 Å². The number of fused-ring (bicyclic) bond motifs is 1. The number of anilines is 2. The molecule has 0 spiro atoms. The maximum atomic E-state index is 12.3. The van der Waals surface area contributed by atoms with Crippen LogP contribution in [0.15, 0.2) is 48.5 Å². The van der Waals surface area contributed by atoms with Crippen molar-refractivity contribution in [2.45, 2.75) is 6.42 Å². The van der Waals surface area contributed by atoms with Crippen LogP contribution in [0, 0.1) is 0 Å². The van der Waals surface area contributed by atoms with Gasteiger partial charge in [0, 0.05) is 11.8 Å². The van der Waals surface area contributed by atoms with Crippen molar-refractivity contribution in [2.75, 3.05) is 37.1 Å². The van der Waals surface area contributed by atoms with Crippen LogP contribution in [0.4, 0.5) is 11.4 Å². The van der Waals surface area contributed by atoms with Crippen LogP contribution >= 0.6 is 0 Å². The number of amides is 2. The summed E-state index contributed by atoms with van der Waals surface area (Å²) >= 11 is 0. The molecule has 0 radical (unpaired) electrons. The second-order valence-electron chi connectivity index (χ2n) is 5.99. The highest BCUT2D eigenvalue weighted by Crippen LogP contribution is 2.30. The average Bonchev–Trinajstić information content (AvgIpc) is 2.85. The fraction of sp³-hybridized carbons (Fsp3) is 0.250. The molecule has 0 saturated carbocycles. The minimum absolute atomic E-state index is 0.151. The van der Waals surface area contributed by atoms with Gasteiger partial charge in [0.2, 0.25) is 5.91 Å². The first-order valence-corrected chi connectivity index (χ1v) is 8.68. The Morgan fingerprint density at radius 3 is 2.82 bits per heavy atom. The average molecular weight is 384 g/mol.